The Bertz CT molecular complexity index is 4.35. The van der Waals surface area contributed by atoms with E-state index in [1.165, 1.54) is 0 Å². The molecule has 66 valence electrons. The van der Waals surface area contributed by atoms with Crippen LogP contribution >= 0.6 is 0 Å². The van der Waals surface area contributed by atoms with Crippen molar-refractivity contribution in [1.29, 1.82) is 0 Å². The van der Waals surface area contributed by atoms with E-state index in [0.29, 0.717) is 0 Å². The normalized spacial score (nSPS) is 0. The van der Waals surface area contributed by atoms with Crippen LogP contribution in [0.5, 0.6) is 0 Å². The van der Waals surface area contributed by atoms with Crippen LogP contribution < -0.4 is 0 Å². The average Bonchev–Trinajstić information content (AvgIpc) is 0. The molecule has 0 saturated heterocycles. The minimum absolute atomic E-state index is 0. The van der Waals surface area contributed by atoms with Gasteiger partial charge in [0.1, 0.15) is 0 Å². The number of hydrogen-bond acceptors (Lipinski definition) is 0. The summed E-state index contributed by atoms with van der Waals surface area (Å²) in [6, 6.07) is 0. The number of rotatable bonds is 0. The molecule has 0 aromatic rings. The first kappa shape index (κ1) is 76.0. The quantitative estimate of drug-likeness (QED) is 0.396. The second kappa shape index (κ2) is 58.8. The second-order valence-corrected chi connectivity index (χ2v) is 0. The molecule has 0 nitrogen and oxygen atoms in total. The summed E-state index contributed by atoms with van der Waals surface area (Å²) in [7, 11) is 0. The zero-order valence-corrected chi connectivity index (χ0v) is 13.9. The summed E-state index contributed by atoms with van der Waals surface area (Å²) in [5.41, 5.74) is 0. The van der Waals surface area contributed by atoms with Crippen LogP contribution in [0.1, 0.15) is 0 Å². The molecule has 0 atom stereocenters. The van der Waals surface area contributed by atoms with Gasteiger partial charge >= 0.3 is 0 Å². The molecule has 0 bridgehead atoms. The van der Waals surface area contributed by atoms with Gasteiger partial charge < -0.3 is 0 Å². The standard InChI is InChI=1S/7Co.Pr. The van der Waals surface area contributed by atoms with Gasteiger partial charge in [-0.3, -0.25) is 0 Å². The van der Waals surface area contributed by atoms with Crippen LogP contribution in [0.4, 0.5) is 0 Å². The molecule has 0 aromatic heterocycles. The first-order valence-electron chi connectivity index (χ1n) is 0. The Morgan fingerprint density at radius 2 is 0.250 bits per heavy atom. The second-order valence-electron chi connectivity index (χ2n) is 0. The third-order valence-corrected chi connectivity index (χ3v) is 0. The van der Waals surface area contributed by atoms with E-state index in [1.807, 2.05) is 0 Å². The molecule has 0 fully saturated rings. The van der Waals surface area contributed by atoms with Gasteiger partial charge in [0.05, 0.1) is 0 Å². The maximum atomic E-state index is 0. The molecule has 0 unspecified atom stereocenters. The predicted molar refractivity (Wildman–Crippen MR) is 0 cm³/mol. The van der Waals surface area contributed by atoms with Crippen molar-refractivity contribution in [3.63, 3.8) is 0 Å². The molecule has 0 spiro atoms. The van der Waals surface area contributed by atoms with Crippen LogP contribution in [0.2, 0.25) is 0 Å². The Balaban J connectivity index is 0. The van der Waals surface area contributed by atoms with Crippen LogP contribution in [-0.4, -0.2) is 0 Å². The smallest absolute Gasteiger partial charge is 0 e. The van der Waals surface area contributed by atoms with Gasteiger partial charge in [-0.2, -0.15) is 0 Å². The van der Waals surface area contributed by atoms with Crippen molar-refractivity contribution in [1.82, 2.24) is 0 Å². The zero-order chi connectivity index (χ0) is 0. The molecule has 0 rings (SSSR count). The molecule has 0 saturated carbocycles. The third-order valence-electron chi connectivity index (χ3n) is 0. The van der Waals surface area contributed by atoms with Crippen molar-refractivity contribution in [3.8, 4) is 0 Å². The van der Waals surface area contributed by atoms with Crippen molar-refractivity contribution in [2.24, 2.45) is 0 Å². The van der Waals surface area contributed by atoms with Crippen LogP contribution in [0.15, 0.2) is 0 Å². The molecule has 0 N–H and O–H groups in total. The maximum absolute atomic E-state index is 0. The first-order chi connectivity index (χ1) is 0. The van der Waals surface area contributed by atoms with Crippen LogP contribution in [0, 0.1) is 41.3 Å². The summed E-state index contributed by atoms with van der Waals surface area (Å²) in [5, 5.41) is 0. The Morgan fingerprint density at radius 1 is 0.250 bits per heavy atom. The van der Waals surface area contributed by atoms with Crippen molar-refractivity contribution >= 4 is 0 Å². The van der Waals surface area contributed by atoms with Gasteiger partial charge in [-0.05, 0) is 0 Å². The van der Waals surface area contributed by atoms with E-state index < -0.39 is 0 Å². The van der Waals surface area contributed by atoms with E-state index in [0.717, 1.165) is 0 Å². The van der Waals surface area contributed by atoms with Gasteiger partial charge in [-0.25, -0.2) is 0 Å². The summed E-state index contributed by atoms with van der Waals surface area (Å²) < 4.78 is 0. The fourth-order valence-electron chi connectivity index (χ4n) is 0. The fourth-order valence-corrected chi connectivity index (χ4v) is 0. The Labute approximate surface area is 155 Å². The first-order valence-corrected chi connectivity index (χ1v) is 0. The predicted octanol–water partition coefficient (Wildman–Crippen LogP) is -0.0175. The Kier molecular flexibility index (Phi) is 558. The van der Waals surface area contributed by atoms with Crippen molar-refractivity contribution in [2.45, 2.75) is 0 Å². The summed E-state index contributed by atoms with van der Waals surface area (Å²) in [6.45, 7) is 0. The Morgan fingerprint density at radius 3 is 0.250 bits per heavy atom. The molecule has 8 heteroatoms. The average molecular weight is 553 g/mol. The van der Waals surface area contributed by atoms with E-state index in [9.17, 15) is 0 Å². The zero-order valence-electron chi connectivity index (χ0n) is 2.91. The van der Waals surface area contributed by atoms with Gasteiger partial charge in [0.15, 0.2) is 0 Å². The molecule has 0 aliphatic rings. The van der Waals surface area contributed by atoms with Crippen molar-refractivity contribution in [2.75, 3.05) is 0 Å². The van der Waals surface area contributed by atoms with E-state index in [1.54, 1.807) is 0 Å². The van der Waals surface area contributed by atoms with Crippen molar-refractivity contribution < 1.29 is 159 Å². The van der Waals surface area contributed by atoms with Gasteiger partial charge in [-0.15, -0.1) is 0 Å². The molecule has 0 amide bonds. The summed E-state index contributed by atoms with van der Waals surface area (Å²) in [5.74, 6) is 0. The third kappa shape index (κ3) is 44.4. The topological polar surface area (TPSA) is 0 Å². The van der Waals surface area contributed by atoms with Crippen LogP contribution in [0.3, 0.4) is 0 Å². The van der Waals surface area contributed by atoms with Gasteiger partial charge in [0.25, 0.3) is 0 Å². The summed E-state index contributed by atoms with van der Waals surface area (Å²) in [6.07, 6.45) is 0. The van der Waals surface area contributed by atoms with E-state index >= 15 is 0 Å². The molecule has 0 aromatic carbocycles. The molecule has 0 aliphatic heterocycles. The minimum Gasteiger partial charge on any atom is 0 e. The molecule has 8 radical (unpaired) electrons. The largest absolute Gasteiger partial charge is 0 e. The summed E-state index contributed by atoms with van der Waals surface area (Å²) >= 11 is 0. The number of hydrogen-bond donors (Lipinski definition) is 0. The van der Waals surface area contributed by atoms with Gasteiger partial charge in [0.2, 0.25) is 0 Å². The molecular weight excluding hydrogens is 553 g/mol. The molecular formula is Co7Pr. The van der Waals surface area contributed by atoms with Gasteiger partial charge in [0, 0.05) is 159 Å². The Hall–Kier alpha value is 4.91. The maximum Gasteiger partial charge on any atom is 0 e. The SMILES string of the molecule is [Co].[Co].[Co].[Co].[Co].[Co].[Co].[Pr]. The monoisotopic (exact) mass is 553 g/mol. The van der Waals surface area contributed by atoms with Gasteiger partial charge in [-0.1, -0.05) is 0 Å². The molecule has 8 heavy (non-hydrogen) atoms. The molecule has 0 heterocycles. The van der Waals surface area contributed by atoms with Crippen LogP contribution in [0.25, 0.3) is 0 Å². The fraction of sp³-hybridized carbons (Fsp3) is 0. The summed E-state index contributed by atoms with van der Waals surface area (Å²) in [4.78, 5) is 0. The molecule has 0 aliphatic carbocycles. The van der Waals surface area contributed by atoms with E-state index in [-0.39, 0.29) is 159 Å². The van der Waals surface area contributed by atoms with Crippen molar-refractivity contribution in [3.05, 3.63) is 0 Å². The minimum atomic E-state index is 0. The van der Waals surface area contributed by atoms with E-state index in [2.05, 4.69) is 0 Å². The van der Waals surface area contributed by atoms with Crippen LogP contribution in [-0.2, 0) is 117 Å². The van der Waals surface area contributed by atoms with E-state index in [4.69, 9.17) is 0 Å².